The van der Waals surface area contributed by atoms with Crippen molar-refractivity contribution in [1.29, 1.82) is 0 Å². The van der Waals surface area contributed by atoms with Gasteiger partial charge < -0.3 is 0 Å². The molecule has 23 heavy (non-hydrogen) atoms. The van der Waals surface area contributed by atoms with Crippen LogP contribution in [0.3, 0.4) is 0 Å². The van der Waals surface area contributed by atoms with Crippen molar-refractivity contribution in [3.05, 3.63) is 70.0 Å². The van der Waals surface area contributed by atoms with Gasteiger partial charge in [0, 0.05) is 16.6 Å². The average Bonchev–Trinajstić information content (AvgIpc) is 2.50. The van der Waals surface area contributed by atoms with Crippen molar-refractivity contribution < 1.29 is 12.8 Å². The third-order valence-corrected chi connectivity index (χ3v) is 5.27. The van der Waals surface area contributed by atoms with E-state index in [1.807, 2.05) is 38.1 Å². The Hall–Kier alpha value is -1.43. The maximum absolute atomic E-state index is 13.8. The number of benzene rings is 2. The Morgan fingerprint density at radius 1 is 1.17 bits per heavy atom. The lowest BCUT2D eigenvalue weighted by atomic mass is 10.0. The molecule has 3 nitrogen and oxygen atoms in total. The number of hydrogen-bond acceptors (Lipinski definition) is 2. The second-order valence-corrected chi connectivity index (χ2v) is 7.61. The van der Waals surface area contributed by atoms with Crippen molar-refractivity contribution in [2.24, 2.45) is 0 Å². The molecule has 0 aromatic heterocycles. The molecule has 124 valence electrons. The van der Waals surface area contributed by atoms with Gasteiger partial charge in [-0.1, -0.05) is 54.4 Å². The second-order valence-electron chi connectivity index (χ2n) is 5.45. The highest BCUT2D eigenvalue weighted by atomic mass is 35.5. The van der Waals surface area contributed by atoms with Gasteiger partial charge in [0.1, 0.15) is 5.82 Å². The molecule has 2 aromatic carbocycles. The zero-order chi connectivity index (χ0) is 17.0. The first-order valence-electron chi connectivity index (χ1n) is 7.32. The highest BCUT2D eigenvalue weighted by molar-refractivity contribution is 7.88. The third-order valence-electron chi connectivity index (χ3n) is 3.61. The summed E-state index contributed by atoms with van der Waals surface area (Å²) in [6, 6.07) is 11.4. The minimum absolute atomic E-state index is 0.0135. The van der Waals surface area contributed by atoms with E-state index in [0.717, 1.165) is 11.1 Å². The molecule has 0 spiro atoms. The largest absolute Gasteiger partial charge is 0.216 e. The van der Waals surface area contributed by atoms with E-state index in [1.54, 1.807) is 0 Å². The van der Waals surface area contributed by atoms with Gasteiger partial charge in [-0.25, -0.2) is 17.5 Å². The topological polar surface area (TPSA) is 46.2 Å². The summed E-state index contributed by atoms with van der Waals surface area (Å²) in [6.45, 7) is 3.86. The van der Waals surface area contributed by atoms with Gasteiger partial charge in [-0.15, -0.1) is 0 Å². The zero-order valence-corrected chi connectivity index (χ0v) is 14.6. The average molecular weight is 356 g/mol. The molecule has 0 aliphatic carbocycles. The monoisotopic (exact) mass is 355 g/mol. The summed E-state index contributed by atoms with van der Waals surface area (Å²) in [5.74, 6) is -1.10. The van der Waals surface area contributed by atoms with E-state index in [4.69, 9.17) is 11.6 Å². The van der Waals surface area contributed by atoms with Gasteiger partial charge in [0.2, 0.25) is 10.0 Å². The summed E-state index contributed by atoms with van der Waals surface area (Å²) in [5, 5.41) is 0.110. The fourth-order valence-corrected chi connectivity index (χ4v) is 4.11. The summed E-state index contributed by atoms with van der Waals surface area (Å²) in [6.07, 6.45) is 0.591. The number of aryl methyl sites for hydroxylation is 1. The minimum atomic E-state index is -3.72. The first kappa shape index (κ1) is 17.9. The fourth-order valence-electron chi connectivity index (χ4n) is 2.30. The third kappa shape index (κ3) is 4.77. The number of rotatable bonds is 6. The summed E-state index contributed by atoms with van der Waals surface area (Å²) >= 11 is 5.91. The Balaban J connectivity index is 2.20. The van der Waals surface area contributed by atoms with Crippen molar-refractivity contribution in [2.45, 2.75) is 32.1 Å². The predicted octanol–water partition coefficient (Wildman–Crippen LogP) is 4.36. The predicted molar refractivity (Wildman–Crippen MR) is 91.4 cm³/mol. The maximum atomic E-state index is 13.8. The van der Waals surface area contributed by atoms with Crippen molar-refractivity contribution in [3.8, 4) is 0 Å². The van der Waals surface area contributed by atoms with Crippen molar-refractivity contribution in [2.75, 3.05) is 0 Å². The Kier molecular flexibility index (Phi) is 5.79. The summed E-state index contributed by atoms with van der Waals surface area (Å²) < 4.78 is 41.2. The van der Waals surface area contributed by atoms with Crippen molar-refractivity contribution in [3.63, 3.8) is 0 Å². The molecule has 6 heteroatoms. The van der Waals surface area contributed by atoms with Gasteiger partial charge in [0.25, 0.3) is 0 Å². The SMILES string of the molecule is CC[C@H](NS(=O)(=O)Cc1c(F)cccc1Cl)c1ccc(C)cc1. The van der Waals surface area contributed by atoms with Crippen LogP contribution >= 0.6 is 11.6 Å². The maximum Gasteiger partial charge on any atom is 0.216 e. The molecule has 0 fully saturated rings. The molecule has 0 heterocycles. The number of hydrogen-bond donors (Lipinski definition) is 1. The van der Waals surface area contributed by atoms with E-state index in [9.17, 15) is 12.8 Å². The molecule has 0 aliphatic rings. The normalized spacial score (nSPS) is 13.0. The molecule has 0 saturated heterocycles. The molecule has 0 bridgehead atoms. The second kappa shape index (κ2) is 7.43. The Morgan fingerprint density at radius 2 is 1.83 bits per heavy atom. The molecule has 0 saturated carbocycles. The molecular weight excluding hydrogens is 337 g/mol. The van der Waals surface area contributed by atoms with Crippen LogP contribution in [0.1, 0.15) is 36.1 Å². The summed E-state index contributed by atoms with van der Waals surface area (Å²) in [7, 11) is -3.72. The Morgan fingerprint density at radius 3 is 2.39 bits per heavy atom. The Bertz CT molecular complexity index is 755. The first-order chi connectivity index (χ1) is 10.8. The fraction of sp³-hybridized carbons (Fsp3) is 0.294. The number of halogens is 2. The van der Waals surface area contributed by atoms with E-state index in [0.29, 0.717) is 6.42 Å². The lowest BCUT2D eigenvalue weighted by Crippen LogP contribution is -2.29. The van der Waals surface area contributed by atoms with Crippen LogP contribution in [0.4, 0.5) is 4.39 Å². The van der Waals surface area contributed by atoms with E-state index in [2.05, 4.69) is 4.72 Å². The zero-order valence-electron chi connectivity index (χ0n) is 13.0. The molecule has 1 atom stereocenters. The van der Waals surface area contributed by atoms with E-state index < -0.39 is 21.6 Å². The molecule has 2 rings (SSSR count). The standard InChI is InChI=1S/C17H19ClFNO2S/c1-3-17(13-9-7-12(2)8-10-13)20-23(21,22)11-14-15(18)5-4-6-16(14)19/h4-10,17,20H,3,11H2,1-2H3/t17-/m0/s1. The van der Waals surface area contributed by atoms with E-state index in [-0.39, 0.29) is 16.6 Å². The van der Waals surface area contributed by atoms with E-state index in [1.165, 1.54) is 18.2 Å². The van der Waals surface area contributed by atoms with Crippen molar-refractivity contribution in [1.82, 2.24) is 4.72 Å². The lowest BCUT2D eigenvalue weighted by molar-refractivity contribution is 0.546. The minimum Gasteiger partial charge on any atom is -0.212 e. The molecule has 0 radical (unpaired) electrons. The quantitative estimate of drug-likeness (QED) is 0.836. The van der Waals surface area contributed by atoms with Gasteiger partial charge in [-0.3, -0.25) is 0 Å². The molecule has 0 unspecified atom stereocenters. The van der Waals surface area contributed by atoms with Gasteiger partial charge in [0.05, 0.1) is 5.75 Å². The van der Waals surface area contributed by atoms with Crippen LogP contribution in [0.5, 0.6) is 0 Å². The van der Waals surface area contributed by atoms with E-state index >= 15 is 0 Å². The van der Waals surface area contributed by atoms with Crippen LogP contribution in [0.25, 0.3) is 0 Å². The molecule has 0 amide bonds. The van der Waals surface area contributed by atoms with Crippen LogP contribution in [0.2, 0.25) is 5.02 Å². The van der Waals surface area contributed by atoms with Crippen LogP contribution in [-0.4, -0.2) is 8.42 Å². The lowest BCUT2D eigenvalue weighted by Gasteiger charge is -2.18. The highest BCUT2D eigenvalue weighted by Gasteiger charge is 2.21. The van der Waals surface area contributed by atoms with Crippen LogP contribution in [-0.2, 0) is 15.8 Å². The van der Waals surface area contributed by atoms with Crippen molar-refractivity contribution >= 4 is 21.6 Å². The first-order valence-corrected chi connectivity index (χ1v) is 9.35. The highest BCUT2D eigenvalue weighted by Crippen LogP contribution is 2.23. The number of nitrogens with one attached hydrogen (secondary N) is 1. The van der Waals surface area contributed by atoms with Crippen LogP contribution in [0.15, 0.2) is 42.5 Å². The molecule has 1 N–H and O–H groups in total. The number of sulfonamides is 1. The van der Waals surface area contributed by atoms with Gasteiger partial charge in [-0.2, -0.15) is 0 Å². The van der Waals surface area contributed by atoms with Gasteiger partial charge in [0.15, 0.2) is 0 Å². The smallest absolute Gasteiger partial charge is 0.212 e. The van der Waals surface area contributed by atoms with Crippen LogP contribution < -0.4 is 4.72 Å². The molecular formula is C17H19ClFNO2S. The van der Waals surface area contributed by atoms with Gasteiger partial charge >= 0.3 is 0 Å². The summed E-state index contributed by atoms with van der Waals surface area (Å²) in [5.41, 5.74) is 1.96. The molecule has 0 aliphatic heterocycles. The molecule has 2 aromatic rings. The Labute approximate surface area is 141 Å². The van der Waals surface area contributed by atoms with Gasteiger partial charge in [-0.05, 0) is 31.0 Å². The van der Waals surface area contributed by atoms with Crippen LogP contribution in [0, 0.1) is 12.7 Å². The summed E-state index contributed by atoms with van der Waals surface area (Å²) in [4.78, 5) is 0.